The van der Waals surface area contributed by atoms with E-state index < -0.39 is 15.4 Å². The Morgan fingerprint density at radius 2 is 1.58 bits per heavy atom. The molecular weight excluding hydrogens is 415 g/mol. The molecule has 1 aliphatic carbocycles. The van der Waals surface area contributed by atoms with E-state index in [1.165, 1.54) is 16.4 Å². The van der Waals surface area contributed by atoms with E-state index in [-0.39, 0.29) is 22.9 Å². The van der Waals surface area contributed by atoms with Gasteiger partial charge in [-0.15, -0.1) is 0 Å². The van der Waals surface area contributed by atoms with Gasteiger partial charge in [0.2, 0.25) is 15.9 Å². The van der Waals surface area contributed by atoms with Gasteiger partial charge >= 0.3 is 0 Å². The Morgan fingerprint density at radius 3 is 2.13 bits per heavy atom. The van der Waals surface area contributed by atoms with Gasteiger partial charge in [-0.25, -0.2) is 17.1 Å². The van der Waals surface area contributed by atoms with Crippen molar-refractivity contribution in [3.63, 3.8) is 0 Å². The summed E-state index contributed by atoms with van der Waals surface area (Å²) in [5.74, 6) is -0.251. The molecule has 1 heterocycles. The average molecular weight is 445 g/mol. The maximum atomic E-state index is 13.6. The van der Waals surface area contributed by atoms with Crippen molar-refractivity contribution in [2.75, 3.05) is 25.4 Å². The number of nitrogens with zero attached hydrogens (tertiary/aromatic N) is 1. The summed E-state index contributed by atoms with van der Waals surface area (Å²) in [5, 5.41) is 3.17. The van der Waals surface area contributed by atoms with Gasteiger partial charge in [0, 0.05) is 25.0 Å². The number of piperidine rings is 1. The quantitative estimate of drug-likeness (QED) is 0.712. The van der Waals surface area contributed by atoms with Gasteiger partial charge in [-0.1, -0.05) is 42.5 Å². The molecule has 2 fully saturated rings. The summed E-state index contributed by atoms with van der Waals surface area (Å²) in [6.07, 6.45) is 2.82. The van der Waals surface area contributed by atoms with Crippen LogP contribution in [-0.4, -0.2) is 44.0 Å². The molecule has 1 amide bonds. The number of nitrogens with one attached hydrogen (secondary N) is 1. The highest BCUT2D eigenvalue weighted by atomic mass is 32.2. The molecule has 1 N–H and O–H groups in total. The lowest BCUT2D eigenvalue weighted by atomic mass is 9.72. The van der Waals surface area contributed by atoms with Crippen LogP contribution in [0.2, 0.25) is 0 Å². The molecule has 5 nitrogen and oxygen atoms in total. The van der Waals surface area contributed by atoms with E-state index in [4.69, 9.17) is 0 Å². The maximum absolute atomic E-state index is 13.6. The number of hydrogen-bond acceptors (Lipinski definition) is 3. The Morgan fingerprint density at radius 1 is 0.968 bits per heavy atom. The lowest BCUT2D eigenvalue weighted by Crippen LogP contribution is -2.53. The fraction of sp³-hybridized carbons (Fsp3) is 0.458. The number of sulfonamides is 1. The van der Waals surface area contributed by atoms with Crippen LogP contribution in [0, 0.1) is 5.82 Å². The Balaban J connectivity index is 1.53. The van der Waals surface area contributed by atoms with Crippen molar-refractivity contribution < 1.29 is 17.6 Å². The monoisotopic (exact) mass is 444 g/mol. The first-order chi connectivity index (χ1) is 14.8. The lowest BCUT2D eigenvalue weighted by Gasteiger charge is -2.40. The fourth-order valence-electron chi connectivity index (χ4n) is 4.67. The second-order valence-electron chi connectivity index (χ2n) is 8.72. The molecule has 31 heavy (non-hydrogen) atoms. The van der Waals surface area contributed by atoms with Crippen molar-refractivity contribution in [2.45, 2.75) is 43.4 Å². The zero-order valence-corrected chi connectivity index (χ0v) is 18.6. The standard InChI is InChI=1S/C24H29FN2O3S/c1-2-31(29,30)27-16-14-24(15-17-27,20-6-4-3-5-7-20)22(28)26-18-23(12-13-23)19-8-10-21(25)11-9-19/h3-11H,2,12-18H2,1H3,(H,26,28). The van der Waals surface area contributed by atoms with Crippen molar-refractivity contribution in [1.29, 1.82) is 0 Å². The topological polar surface area (TPSA) is 66.5 Å². The highest BCUT2D eigenvalue weighted by molar-refractivity contribution is 7.89. The second kappa shape index (κ2) is 8.36. The SMILES string of the molecule is CCS(=O)(=O)N1CCC(C(=O)NCC2(c3ccc(F)cc3)CC2)(c2ccccc2)CC1. The summed E-state index contributed by atoms with van der Waals surface area (Å²) in [7, 11) is -3.27. The molecule has 166 valence electrons. The van der Waals surface area contributed by atoms with Gasteiger partial charge < -0.3 is 5.32 Å². The van der Waals surface area contributed by atoms with E-state index in [0.29, 0.717) is 32.5 Å². The first kappa shape index (κ1) is 22.0. The Hall–Kier alpha value is -2.25. The summed E-state index contributed by atoms with van der Waals surface area (Å²) in [5.41, 5.74) is 1.09. The minimum absolute atomic E-state index is 0.0550. The molecule has 0 bridgehead atoms. The zero-order valence-electron chi connectivity index (χ0n) is 17.8. The minimum Gasteiger partial charge on any atom is -0.354 e. The highest BCUT2D eigenvalue weighted by Gasteiger charge is 2.48. The zero-order chi connectivity index (χ0) is 22.1. The Labute approximate surface area is 183 Å². The van der Waals surface area contributed by atoms with Crippen LogP contribution in [-0.2, 0) is 25.6 Å². The molecule has 1 saturated heterocycles. The third kappa shape index (κ3) is 4.26. The van der Waals surface area contributed by atoms with Crippen LogP contribution in [0.25, 0.3) is 0 Å². The van der Waals surface area contributed by atoms with E-state index in [1.54, 1.807) is 19.1 Å². The summed E-state index contributed by atoms with van der Waals surface area (Å²) in [4.78, 5) is 13.6. The average Bonchev–Trinajstić information content (AvgIpc) is 3.59. The van der Waals surface area contributed by atoms with Gasteiger partial charge in [-0.3, -0.25) is 4.79 Å². The largest absolute Gasteiger partial charge is 0.354 e. The molecule has 1 saturated carbocycles. The summed E-state index contributed by atoms with van der Waals surface area (Å²) in [6.45, 7) is 2.82. The van der Waals surface area contributed by atoms with Crippen LogP contribution < -0.4 is 5.32 Å². The van der Waals surface area contributed by atoms with Gasteiger partial charge in [-0.2, -0.15) is 0 Å². The van der Waals surface area contributed by atoms with E-state index in [2.05, 4.69) is 5.32 Å². The number of amides is 1. The first-order valence-corrected chi connectivity index (χ1v) is 12.5. The third-order valence-electron chi connectivity index (χ3n) is 6.99. The van der Waals surface area contributed by atoms with Gasteiger partial charge in [0.1, 0.15) is 5.82 Å². The molecule has 7 heteroatoms. The van der Waals surface area contributed by atoms with E-state index in [0.717, 1.165) is 24.0 Å². The predicted molar refractivity (Wildman–Crippen MR) is 119 cm³/mol. The summed E-state index contributed by atoms with van der Waals surface area (Å²) < 4.78 is 39.5. The first-order valence-electron chi connectivity index (χ1n) is 10.9. The van der Waals surface area contributed by atoms with Crippen LogP contribution in [0.15, 0.2) is 54.6 Å². The molecule has 2 aromatic carbocycles. The number of hydrogen-bond donors (Lipinski definition) is 1. The van der Waals surface area contributed by atoms with Gasteiger partial charge in [-0.05, 0) is 55.9 Å². The number of rotatable bonds is 7. The second-order valence-corrected chi connectivity index (χ2v) is 11.0. The molecule has 4 rings (SSSR count). The van der Waals surface area contributed by atoms with Crippen molar-refractivity contribution >= 4 is 15.9 Å². The fourth-order valence-corrected chi connectivity index (χ4v) is 5.78. The van der Waals surface area contributed by atoms with Crippen LogP contribution in [0.4, 0.5) is 4.39 Å². The van der Waals surface area contributed by atoms with Gasteiger partial charge in [0.25, 0.3) is 0 Å². The van der Waals surface area contributed by atoms with Crippen molar-refractivity contribution in [3.8, 4) is 0 Å². The predicted octanol–water partition coefficient (Wildman–Crippen LogP) is 3.36. The van der Waals surface area contributed by atoms with E-state index in [1.807, 2.05) is 30.3 Å². The van der Waals surface area contributed by atoms with Crippen LogP contribution >= 0.6 is 0 Å². The van der Waals surface area contributed by atoms with Crippen molar-refractivity contribution in [3.05, 3.63) is 71.5 Å². The molecule has 1 aliphatic heterocycles. The molecule has 0 aromatic heterocycles. The van der Waals surface area contributed by atoms with Gasteiger partial charge in [0.05, 0.1) is 11.2 Å². The highest BCUT2D eigenvalue weighted by Crippen LogP contribution is 2.48. The molecule has 0 atom stereocenters. The normalized spacial score (nSPS) is 20.2. The van der Waals surface area contributed by atoms with Crippen LogP contribution in [0.3, 0.4) is 0 Å². The molecule has 2 aromatic rings. The van der Waals surface area contributed by atoms with Crippen LogP contribution in [0.5, 0.6) is 0 Å². The number of carbonyl (C=O) groups is 1. The molecule has 0 spiro atoms. The van der Waals surface area contributed by atoms with E-state index in [9.17, 15) is 17.6 Å². The van der Waals surface area contributed by atoms with Gasteiger partial charge in [0.15, 0.2) is 0 Å². The molecule has 2 aliphatic rings. The molecular formula is C24H29FN2O3S. The molecule has 0 unspecified atom stereocenters. The number of halogens is 1. The Bertz CT molecular complexity index is 1030. The van der Waals surface area contributed by atoms with Crippen molar-refractivity contribution in [1.82, 2.24) is 9.62 Å². The maximum Gasteiger partial charge on any atom is 0.230 e. The lowest BCUT2D eigenvalue weighted by molar-refractivity contribution is -0.128. The smallest absolute Gasteiger partial charge is 0.230 e. The minimum atomic E-state index is -3.27. The van der Waals surface area contributed by atoms with Crippen LogP contribution in [0.1, 0.15) is 43.7 Å². The summed E-state index contributed by atoms with van der Waals surface area (Å²) in [6, 6.07) is 16.2. The molecule has 0 radical (unpaired) electrons. The number of benzene rings is 2. The number of carbonyl (C=O) groups excluding carboxylic acids is 1. The van der Waals surface area contributed by atoms with Crippen molar-refractivity contribution in [2.24, 2.45) is 0 Å². The summed E-state index contributed by atoms with van der Waals surface area (Å²) >= 11 is 0. The Kier molecular flexibility index (Phi) is 5.92. The van der Waals surface area contributed by atoms with E-state index >= 15 is 0 Å². The third-order valence-corrected chi connectivity index (χ3v) is 8.87.